The number of carbonyl (C=O) groups is 1. The molecule has 1 amide bonds. The van der Waals surface area contributed by atoms with E-state index in [9.17, 15) is 18.0 Å². The summed E-state index contributed by atoms with van der Waals surface area (Å²) in [6.45, 7) is 1.49. The van der Waals surface area contributed by atoms with E-state index >= 15 is 0 Å². The Kier molecular flexibility index (Phi) is 2.79. The summed E-state index contributed by atoms with van der Waals surface area (Å²) < 4.78 is 39.4. The number of hydroxylamine groups is 2. The monoisotopic (exact) mass is 286 g/mol. The first-order valence-corrected chi connectivity index (χ1v) is 6.31. The highest BCUT2D eigenvalue weighted by Gasteiger charge is 2.74. The Morgan fingerprint density at radius 1 is 1.50 bits per heavy atom. The molecule has 20 heavy (non-hydrogen) atoms. The lowest BCUT2D eigenvalue weighted by Crippen LogP contribution is -2.37. The first-order chi connectivity index (χ1) is 9.35. The Balaban J connectivity index is 1.83. The van der Waals surface area contributed by atoms with Gasteiger partial charge in [0.25, 0.3) is 11.8 Å². The molecule has 0 aromatic carbocycles. The van der Waals surface area contributed by atoms with Crippen LogP contribution in [-0.2, 0) is 9.63 Å². The second kappa shape index (κ2) is 4.18. The van der Waals surface area contributed by atoms with Crippen LogP contribution in [0.25, 0.3) is 0 Å². The van der Waals surface area contributed by atoms with Gasteiger partial charge in [-0.1, -0.05) is 6.07 Å². The number of rotatable bonds is 2. The molecule has 0 bridgehead atoms. The van der Waals surface area contributed by atoms with Crippen molar-refractivity contribution in [1.29, 1.82) is 0 Å². The second-order valence-corrected chi connectivity index (χ2v) is 5.40. The number of hydrogen-bond acceptors (Lipinski definition) is 3. The summed E-state index contributed by atoms with van der Waals surface area (Å²) in [5, 5.41) is 0.996. The zero-order chi connectivity index (χ0) is 14.5. The van der Waals surface area contributed by atoms with E-state index in [4.69, 9.17) is 4.84 Å². The van der Waals surface area contributed by atoms with Crippen molar-refractivity contribution in [3.63, 3.8) is 0 Å². The summed E-state index contributed by atoms with van der Waals surface area (Å²) >= 11 is 0. The van der Waals surface area contributed by atoms with Gasteiger partial charge in [0.05, 0.1) is 12.6 Å². The van der Waals surface area contributed by atoms with E-state index in [-0.39, 0.29) is 6.61 Å². The molecular weight excluding hydrogens is 273 g/mol. The van der Waals surface area contributed by atoms with Gasteiger partial charge in [0.1, 0.15) is 5.41 Å². The molecule has 1 saturated carbocycles. The molecule has 4 nitrogen and oxygen atoms in total. The van der Waals surface area contributed by atoms with Crippen molar-refractivity contribution in [1.82, 2.24) is 10.0 Å². The molecular formula is C13H13F3N2O2. The lowest BCUT2D eigenvalue weighted by atomic mass is 10.0. The zero-order valence-corrected chi connectivity index (χ0v) is 10.8. The summed E-state index contributed by atoms with van der Waals surface area (Å²) in [5.74, 6) is -4.35. The second-order valence-electron chi connectivity index (χ2n) is 5.40. The zero-order valence-electron chi connectivity index (χ0n) is 10.8. The molecule has 1 saturated heterocycles. The highest BCUT2D eigenvalue weighted by Crippen LogP contribution is 2.61. The molecule has 1 aromatic heterocycles. The number of alkyl halides is 2. The van der Waals surface area contributed by atoms with Crippen molar-refractivity contribution in [2.75, 3.05) is 6.61 Å². The van der Waals surface area contributed by atoms with E-state index in [0.717, 1.165) is 5.06 Å². The van der Waals surface area contributed by atoms with Crippen LogP contribution in [0.3, 0.4) is 0 Å². The third kappa shape index (κ3) is 1.88. The maximum Gasteiger partial charge on any atom is 0.263 e. The predicted octanol–water partition coefficient (Wildman–Crippen LogP) is 2.47. The number of hydrogen-bond donors (Lipinski definition) is 0. The molecule has 1 aromatic rings. The topological polar surface area (TPSA) is 42.4 Å². The maximum atomic E-state index is 13.3. The molecule has 108 valence electrons. The van der Waals surface area contributed by atoms with E-state index in [1.54, 1.807) is 0 Å². The average Bonchev–Trinajstić information content (AvgIpc) is 2.80. The standard InChI is InChI=1S/C13H13F3N2O2/c1-12(7-13(12,15)16)11(19)18-9(4-5-20-18)8-2-3-10(14)17-6-8/h2-3,6,9H,4-5,7H2,1H3/t9-,12+/m0/s1. The van der Waals surface area contributed by atoms with Gasteiger partial charge in [-0.15, -0.1) is 0 Å². The number of aromatic nitrogens is 1. The molecule has 1 aliphatic carbocycles. The predicted molar refractivity (Wildman–Crippen MR) is 62.0 cm³/mol. The molecule has 2 heterocycles. The van der Waals surface area contributed by atoms with Crippen molar-refractivity contribution in [2.24, 2.45) is 5.41 Å². The average molecular weight is 286 g/mol. The van der Waals surface area contributed by atoms with E-state index in [1.165, 1.54) is 25.3 Å². The van der Waals surface area contributed by atoms with Gasteiger partial charge in [-0.25, -0.2) is 18.8 Å². The number of carbonyl (C=O) groups excluding carboxylic acids is 1. The third-order valence-corrected chi connectivity index (χ3v) is 3.97. The summed E-state index contributed by atoms with van der Waals surface area (Å²) in [4.78, 5) is 20.9. The quantitative estimate of drug-likeness (QED) is 0.784. The van der Waals surface area contributed by atoms with Crippen LogP contribution >= 0.6 is 0 Å². The van der Waals surface area contributed by atoms with E-state index in [0.29, 0.717) is 12.0 Å². The van der Waals surface area contributed by atoms with Crippen LogP contribution in [0.2, 0.25) is 0 Å². The molecule has 7 heteroatoms. The van der Waals surface area contributed by atoms with Crippen LogP contribution in [0.15, 0.2) is 18.3 Å². The minimum atomic E-state index is -2.98. The van der Waals surface area contributed by atoms with Gasteiger partial charge in [0.2, 0.25) is 5.95 Å². The van der Waals surface area contributed by atoms with Gasteiger partial charge in [-0.2, -0.15) is 4.39 Å². The fourth-order valence-electron chi connectivity index (χ4n) is 2.43. The summed E-state index contributed by atoms with van der Waals surface area (Å²) in [6.07, 6.45) is 1.30. The summed E-state index contributed by atoms with van der Waals surface area (Å²) in [5.41, 5.74) is -1.12. The van der Waals surface area contributed by atoms with Crippen molar-refractivity contribution < 1.29 is 22.8 Å². The van der Waals surface area contributed by atoms with Crippen molar-refractivity contribution in [3.05, 3.63) is 29.8 Å². The molecule has 2 atom stereocenters. The molecule has 3 rings (SSSR count). The molecule has 1 aliphatic heterocycles. The highest BCUT2D eigenvalue weighted by molar-refractivity contribution is 5.86. The Morgan fingerprint density at radius 3 is 2.75 bits per heavy atom. The lowest BCUT2D eigenvalue weighted by Gasteiger charge is -2.25. The fourth-order valence-corrected chi connectivity index (χ4v) is 2.43. The first-order valence-electron chi connectivity index (χ1n) is 6.31. The molecule has 0 N–H and O–H groups in total. The van der Waals surface area contributed by atoms with Crippen molar-refractivity contribution >= 4 is 5.91 Å². The Morgan fingerprint density at radius 2 is 2.20 bits per heavy atom. The van der Waals surface area contributed by atoms with Gasteiger partial charge in [0, 0.05) is 19.0 Å². The third-order valence-electron chi connectivity index (χ3n) is 3.97. The fraction of sp³-hybridized carbons (Fsp3) is 0.538. The summed E-state index contributed by atoms with van der Waals surface area (Å²) in [7, 11) is 0. The molecule has 0 unspecified atom stereocenters. The number of amides is 1. The lowest BCUT2D eigenvalue weighted by molar-refractivity contribution is -0.186. The van der Waals surface area contributed by atoms with Crippen molar-refractivity contribution in [3.8, 4) is 0 Å². The Hall–Kier alpha value is -1.63. The van der Waals surface area contributed by atoms with Crippen LogP contribution < -0.4 is 0 Å². The Bertz CT molecular complexity index is 549. The smallest absolute Gasteiger partial charge is 0.263 e. The molecule has 2 fully saturated rings. The number of halogens is 3. The van der Waals surface area contributed by atoms with E-state index in [1.807, 2.05) is 0 Å². The highest BCUT2D eigenvalue weighted by atomic mass is 19.3. The van der Waals surface area contributed by atoms with E-state index < -0.39 is 35.7 Å². The van der Waals surface area contributed by atoms with Gasteiger partial charge >= 0.3 is 0 Å². The molecule has 2 aliphatic rings. The van der Waals surface area contributed by atoms with Crippen LogP contribution in [0, 0.1) is 11.4 Å². The number of nitrogens with zero attached hydrogens (tertiary/aromatic N) is 2. The van der Waals surface area contributed by atoms with Crippen LogP contribution in [0.5, 0.6) is 0 Å². The van der Waals surface area contributed by atoms with Gasteiger partial charge < -0.3 is 0 Å². The summed E-state index contributed by atoms with van der Waals surface area (Å²) in [6, 6.07) is 2.16. The Labute approximate surface area is 113 Å². The minimum absolute atomic E-state index is 0.259. The van der Waals surface area contributed by atoms with Gasteiger partial charge in [-0.3, -0.25) is 9.63 Å². The van der Waals surface area contributed by atoms with Crippen LogP contribution in [0.1, 0.15) is 31.4 Å². The van der Waals surface area contributed by atoms with Crippen LogP contribution in [-0.4, -0.2) is 28.5 Å². The normalized spacial score (nSPS) is 31.4. The first kappa shape index (κ1) is 13.4. The van der Waals surface area contributed by atoms with E-state index in [2.05, 4.69) is 4.98 Å². The minimum Gasteiger partial charge on any atom is -0.272 e. The number of pyridine rings is 1. The van der Waals surface area contributed by atoms with Crippen LogP contribution in [0.4, 0.5) is 13.2 Å². The van der Waals surface area contributed by atoms with Gasteiger partial charge in [0.15, 0.2) is 0 Å². The van der Waals surface area contributed by atoms with Crippen molar-refractivity contribution in [2.45, 2.75) is 31.7 Å². The largest absolute Gasteiger partial charge is 0.272 e. The molecule has 0 spiro atoms. The maximum absolute atomic E-state index is 13.3. The van der Waals surface area contributed by atoms with Gasteiger partial charge in [-0.05, 0) is 18.6 Å². The SMILES string of the molecule is C[C@]1(C(=O)N2OCC[C@H]2c2ccc(F)nc2)CC1(F)F. The molecule has 0 radical (unpaired) electrons.